The number of hydrogen-bond donors (Lipinski definition) is 1. The number of thioether (sulfide) groups is 1. The van der Waals surface area contributed by atoms with Crippen molar-refractivity contribution in [3.05, 3.63) is 82.9 Å². The van der Waals surface area contributed by atoms with Crippen molar-refractivity contribution in [3.8, 4) is 0 Å². The van der Waals surface area contributed by atoms with Gasteiger partial charge >= 0.3 is 0 Å². The molecule has 0 unspecified atom stereocenters. The number of aryl methyl sites for hydroxylation is 2. The first-order chi connectivity index (χ1) is 13.6. The predicted molar refractivity (Wildman–Crippen MR) is 117 cm³/mol. The van der Waals surface area contributed by atoms with Crippen molar-refractivity contribution >= 4 is 44.9 Å². The van der Waals surface area contributed by atoms with Crippen LogP contribution in [0.5, 0.6) is 0 Å². The number of amides is 1. The number of fused-ring (bicyclic) bond motifs is 1. The number of nitrogens with zero attached hydrogens (tertiary/aromatic N) is 2. The van der Waals surface area contributed by atoms with E-state index >= 15 is 0 Å². The molecule has 0 saturated heterocycles. The van der Waals surface area contributed by atoms with Crippen LogP contribution in [0.25, 0.3) is 10.8 Å². The summed E-state index contributed by atoms with van der Waals surface area (Å²) >= 11 is 3.03. The summed E-state index contributed by atoms with van der Waals surface area (Å²) < 4.78 is 0.842. The molecule has 3 aromatic carbocycles. The number of hydrogen-bond acceptors (Lipinski definition) is 5. The van der Waals surface area contributed by atoms with Crippen molar-refractivity contribution in [2.45, 2.75) is 23.9 Å². The summed E-state index contributed by atoms with van der Waals surface area (Å²) in [6.45, 7) is 4.21. The number of carbonyl (C=O) groups excluding carboxylic acids is 1. The molecule has 1 N–H and O–H groups in total. The van der Waals surface area contributed by atoms with E-state index in [1.165, 1.54) is 28.0 Å². The van der Waals surface area contributed by atoms with Gasteiger partial charge in [-0.3, -0.25) is 10.1 Å². The Morgan fingerprint density at radius 1 is 1.00 bits per heavy atom. The van der Waals surface area contributed by atoms with Crippen molar-refractivity contribution in [1.29, 1.82) is 0 Å². The topological polar surface area (TPSA) is 54.9 Å². The Bertz CT molecular complexity index is 1150. The van der Waals surface area contributed by atoms with Gasteiger partial charge < -0.3 is 0 Å². The van der Waals surface area contributed by atoms with Gasteiger partial charge in [0, 0.05) is 11.3 Å². The monoisotopic (exact) mass is 405 g/mol. The summed E-state index contributed by atoms with van der Waals surface area (Å²) in [5.74, 6) is 0.661. The number of benzene rings is 3. The van der Waals surface area contributed by atoms with Gasteiger partial charge in [0.05, 0.1) is 0 Å². The quantitative estimate of drug-likeness (QED) is 0.334. The molecular weight excluding hydrogens is 386 g/mol. The first kappa shape index (κ1) is 18.7. The number of carbonyl (C=O) groups is 1. The molecule has 0 atom stereocenters. The summed E-state index contributed by atoms with van der Waals surface area (Å²) in [6.07, 6.45) is 0. The second-order valence-electron chi connectivity index (χ2n) is 6.61. The van der Waals surface area contributed by atoms with Crippen molar-refractivity contribution in [2.75, 3.05) is 5.32 Å². The zero-order valence-corrected chi connectivity index (χ0v) is 17.2. The lowest BCUT2D eigenvalue weighted by atomic mass is 10.1. The number of rotatable bonds is 5. The van der Waals surface area contributed by atoms with Crippen LogP contribution in [-0.2, 0) is 5.75 Å². The smallest absolute Gasteiger partial charge is 0.257 e. The van der Waals surface area contributed by atoms with E-state index in [1.807, 2.05) is 42.5 Å². The zero-order valence-electron chi connectivity index (χ0n) is 15.6. The van der Waals surface area contributed by atoms with Gasteiger partial charge in [0.2, 0.25) is 5.13 Å². The van der Waals surface area contributed by atoms with Crippen LogP contribution in [0.3, 0.4) is 0 Å². The van der Waals surface area contributed by atoms with Crippen molar-refractivity contribution in [1.82, 2.24) is 10.2 Å². The predicted octanol–water partition coefficient (Wildman–Crippen LogP) is 5.85. The lowest BCUT2D eigenvalue weighted by molar-refractivity contribution is 0.102. The number of aromatic nitrogens is 2. The molecule has 0 bridgehead atoms. The van der Waals surface area contributed by atoms with Crippen LogP contribution in [-0.4, -0.2) is 16.1 Å². The minimum Gasteiger partial charge on any atom is -0.296 e. The molecule has 0 spiro atoms. The SMILES string of the molecule is Cc1ccc(C)c(CSc2nnc(NC(=O)c3ccc4ccccc4c3)s2)c1. The van der Waals surface area contributed by atoms with Gasteiger partial charge in [-0.2, -0.15) is 0 Å². The lowest BCUT2D eigenvalue weighted by Crippen LogP contribution is -2.11. The van der Waals surface area contributed by atoms with E-state index in [1.54, 1.807) is 11.8 Å². The minimum absolute atomic E-state index is 0.173. The zero-order chi connectivity index (χ0) is 19.5. The second-order valence-corrected chi connectivity index (χ2v) is 8.81. The molecule has 4 rings (SSSR count). The standard InChI is InChI=1S/C22H19N3OS2/c1-14-7-8-15(2)19(11-14)13-27-22-25-24-21(28-22)23-20(26)18-10-9-16-5-3-4-6-17(16)12-18/h3-12H,13H2,1-2H3,(H,23,24,26). The van der Waals surface area contributed by atoms with Gasteiger partial charge in [-0.25, -0.2) is 0 Å². The van der Waals surface area contributed by atoms with Gasteiger partial charge in [-0.05, 0) is 47.9 Å². The van der Waals surface area contributed by atoms with Gasteiger partial charge in [0.15, 0.2) is 4.34 Å². The third kappa shape index (κ3) is 4.24. The van der Waals surface area contributed by atoms with Gasteiger partial charge in [0.25, 0.3) is 5.91 Å². The number of nitrogens with one attached hydrogen (secondary N) is 1. The van der Waals surface area contributed by atoms with Crippen molar-refractivity contribution in [3.63, 3.8) is 0 Å². The summed E-state index contributed by atoms with van der Waals surface area (Å²) in [4.78, 5) is 12.5. The van der Waals surface area contributed by atoms with E-state index in [0.717, 1.165) is 20.9 Å². The van der Waals surface area contributed by atoms with E-state index < -0.39 is 0 Å². The van der Waals surface area contributed by atoms with Crippen LogP contribution in [0.2, 0.25) is 0 Å². The summed E-state index contributed by atoms with van der Waals surface area (Å²) in [5.41, 5.74) is 4.43. The molecule has 0 saturated carbocycles. The third-order valence-electron chi connectivity index (χ3n) is 4.49. The van der Waals surface area contributed by atoms with E-state index in [9.17, 15) is 4.79 Å². The lowest BCUT2D eigenvalue weighted by Gasteiger charge is -2.05. The Labute approximate surface area is 172 Å². The molecule has 0 radical (unpaired) electrons. The molecule has 1 heterocycles. The molecule has 4 nitrogen and oxygen atoms in total. The molecule has 140 valence electrons. The number of anilines is 1. The Morgan fingerprint density at radius 2 is 1.82 bits per heavy atom. The average molecular weight is 406 g/mol. The molecule has 1 amide bonds. The largest absolute Gasteiger partial charge is 0.296 e. The van der Waals surface area contributed by atoms with E-state index in [4.69, 9.17) is 0 Å². The van der Waals surface area contributed by atoms with E-state index in [-0.39, 0.29) is 5.91 Å². The fourth-order valence-electron chi connectivity index (χ4n) is 2.91. The molecule has 4 aromatic rings. The highest BCUT2D eigenvalue weighted by Gasteiger charge is 2.12. The van der Waals surface area contributed by atoms with Gasteiger partial charge in [-0.1, -0.05) is 77.2 Å². The van der Waals surface area contributed by atoms with Crippen LogP contribution in [0, 0.1) is 13.8 Å². The molecule has 28 heavy (non-hydrogen) atoms. The highest BCUT2D eigenvalue weighted by molar-refractivity contribution is 8.00. The Balaban J connectivity index is 1.42. The van der Waals surface area contributed by atoms with Crippen LogP contribution in [0.1, 0.15) is 27.0 Å². The Kier molecular flexibility index (Phi) is 5.41. The average Bonchev–Trinajstić information content (AvgIpc) is 3.15. The highest BCUT2D eigenvalue weighted by atomic mass is 32.2. The second kappa shape index (κ2) is 8.12. The van der Waals surface area contributed by atoms with Crippen LogP contribution in [0.15, 0.2) is 65.0 Å². The van der Waals surface area contributed by atoms with Crippen LogP contribution >= 0.6 is 23.1 Å². The molecule has 0 fully saturated rings. The van der Waals surface area contributed by atoms with Gasteiger partial charge in [0.1, 0.15) is 0 Å². The summed E-state index contributed by atoms with van der Waals surface area (Å²) in [6, 6.07) is 20.1. The third-order valence-corrected chi connectivity index (χ3v) is 6.52. The summed E-state index contributed by atoms with van der Waals surface area (Å²) in [7, 11) is 0. The maximum atomic E-state index is 12.5. The summed E-state index contributed by atoms with van der Waals surface area (Å²) in [5, 5.41) is 13.8. The molecular formula is C22H19N3OS2. The fourth-order valence-corrected chi connectivity index (χ4v) is 4.72. The van der Waals surface area contributed by atoms with Crippen LogP contribution in [0.4, 0.5) is 5.13 Å². The van der Waals surface area contributed by atoms with E-state index in [2.05, 4.69) is 47.6 Å². The van der Waals surface area contributed by atoms with Crippen LogP contribution < -0.4 is 5.32 Å². The maximum absolute atomic E-state index is 12.5. The minimum atomic E-state index is -0.173. The molecule has 0 aliphatic carbocycles. The van der Waals surface area contributed by atoms with Crippen molar-refractivity contribution in [2.24, 2.45) is 0 Å². The highest BCUT2D eigenvalue weighted by Crippen LogP contribution is 2.29. The molecule has 6 heteroatoms. The Hall–Kier alpha value is -2.70. The fraction of sp³-hybridized carbons (Fsp3) is 0.136. The molecule has 0 aliphatic rings. The Morgan fingerprint density at radius 3 is 2.68 bits per heavy atom. The van der Waals surface area contributed by atoms with E-state index in [0.29, 0.717) is 10.7 Å². The first-order valence-corrected chi connectivity index (χ1v) is 10.7. The van der Waals surface area contributed by atoms with Crippen molar-refractivity contribution < 1.29 is 4.79 Å². The van der Waals surface area contributed by atoms with Gasteiger partial charge in [-0.15, -0.1) is 10.2 Å². The maximum Gasteiger partial charge on any atom is 0.257 e. The molecule has 0 aliphatic heterocycles. The molecule has 1 aromatic heterocycles. The first-order valence-electron chi connectivity index (χ1n) is 8.91. The normalized spacial score (nSPS) is 10.9.